The number of aromatic nitrogens is 1. The van der Waals surface area contributed by atoms with E-state index in [0.717, 1.165) is 5.56 Å². The summed E-state index contributed by atoms with van der Waals surface area (Å²) in [7, 11) is 3.92. The van der Waals surface area contributed by atoms with Crippen molar-refractivity contribution < 1.29 is 28.7 Å². The largest absolute Gasteiger partial charge is 0.493 e. The molecule has 0 saturated carbocycles. The fourth-order valence-corrected chi connectivity index (χ4v) is 2.54. The van der Waals surface area contributed by atoms with Crippen molar-refractivity contribution in [2.75, 3.05) is 27.9 Å². The van der Waals surface area contributed by atoms with Crippen LogP contribution in [0.15, 0.2) is 30.6 Å². The highest BCUT2D eigenvalue weighted by Crippen LogP contribution is 2.46. The van der Waals surface area contributed by atoms with Gasteiger partial charge in [-0.1, -0.05) is 6.07 Å². The molecule has 0 atom stereocenters. The van der Waals surface area contributed by atoms with Crippen LogP contribution in [0, 0.1) is 10.1 Å². The third-order valence-corrected chi connectivity index (χ3v) is 3.77. The molecular formula is C18H20N2O7. The van der Waals surface area contributed by atoms with Gasteiger partial charge in [-0.15, -0.1) is 0 Å². The van der Waals surface area contributed by atoms with E-state index in [2.05, 4.69) is 4.98 Å². The van der Waals surface area contributed by atoms with Crippen molar-refractivity contribution in [3.05, 3.63) is 51.8 Å². The zero-order valence-electron chi connectivity index (χ0n) is 15.3. The van der Waals surface area contributed by atoms with Crippen LogP contribution in [0.3, 0.4) is 0 Å². The van der Waals surface area contributed by atoms with Gasteiger partial charge in [-0.05, 0) is 24.5 Å². The molecule has 9 nitrogen and oxygen atoms in total. The van der Waals surface area contributed by atoms with Crippen molar-refractivity contribution in [1.29, 1.82) is 0 Å². The topological polar surface area (TPSA) is 110 Å². The van der Waals surface area contributed by atoms with Crippen LogP contribution in [-0.2, 0) is 11.2 Å². The Bertz CT molecular complexity index is 809. The van der Waals surface area contributed by atoms with E-state index in [9.17, 15) is 14.9 Å². The highest BCUT2D eigenvalue weighted by Gasteiger charge is 2.33. The van der Waals surface area contributed by atoms with Gasteiger partial charge in [-0.25, -0.2) is 4.79 Å². The second kappa shape index (κ2) is 9.37. The number of pyridine rings is 1. The van der Waals surface area contributed by atoms with Crippen LogP contribution in [0.25, 0.3) is 0 Å². The number of hydrogen-bond donors (Lipinski definition) is 0. The van der Waals surface area contributed by atoms with Crippen molar-refractivity contribution in [2.45, 2.75) is 12.8 Å². The first-order chi connectivity index (χ1) is 13.0. The zero-order chi connectivity index (χ0) is 19.8. The maximum absolute atomic E-state index is 12.4. The summed E-state index contributed by atoms with van der Waals surface area (Å²) in [6, 6.07) is 4.95. The summed E-state index contributed by atoms with van der Waals surface area (Å²) in [5.41, 5.74) is 0.204. The number of ether oxygens (including phenoxy) is 4. The number of carbonyl (C=O) groups is 1. The van der Waals surface area contributed by atoms with E-state index in [0.29, 0.717) is 12.8 Å². The Morgan fingerprint density at radius 1 is 1.19 bits per heavy atom. The molecule has 2 rings (SSSR count). The number of methoxy groups -OCH3 is 3. The second-order valence-corrected chi connectivity index (χ2v) is 5.40. The van der Waals surface area contributed by atoms with Gasteiger partial charge in [0.05, 0.1) is 32.9 Å². The minimum atomic E-state index is -0.841. The number of nitro benzene ring substituents is 1. The van der Waals surface area contributed by atoms with Crippen molar-refractivity contribution in [3.8, 4) is 17.2 Å². The molecule has 0 radical (unpaired) electrons. The summed E-state index contributed by atoms with van der Waals surface area (Å²) in [6.45, 7) is 0.0988. The first-order valence-corrected chi connectivity index (χ1v) is 8.06. The lowest BCUT2D eigenvalue weighted by Crippen LogP contribution is -2.12. The molecule has 0 spiro atoms. The number of aryl methyl sites for hydroxylation is 1. The molecule has 0 bridgehead atoms. The predicted octanol–water partition coefficient (Wildman–Crippen LogP) is 2.81. The Labute approximate surface area is 156 Å². The monoisotopic (exact) mass is 376 g/mol. The standard InChI is InChI=1S/C18H20N2O7/c1-24-14-10-13(15(20(22)23)17(26-3)16(14)25-2)18(21)27-9-5-7-12-6-4-8-19-11-12/h4,6,8,10-11H,5,7,9H2,1-3H3. The van der Waals surface area contributed by atoms with Gasteiger partial charge >= 0.3 is 11.7 Å². The fraction of sp³-hybridized carbons (Fsp3) is 0.333. The Balaban J connectivity index is 2.20. The highest BCUT2D eigenvalue weighted by molar-refractivity contribution is 5.97. The Kier molecular flexibility index (Phi) is 6.93. The van der Waals surface area contributed by atoms with Crippen LogP contribution in [-0.4, -0.2) is 43.8 Å². The number of rotatable bonds is 9. The van der Waals surface area contributed by atoms with E-state index in [4.69, 9.17) is 18.9 Å². The average Bonchev–Trinajstić information content (AvgIpc) is 2.69. The number of carbonyl (C=O) groups excluding carboxylic acids is 1. The molecule has 0 fully saturated rings. The van der Waals surface area contributed by atoms with Gasteiger partial charge in [-0.2, -0.15) is 0 Å². The lowest BCUT2D eigenvalue weighted by atomic mass is 10.1. The van der Waals surface area contributed by atoms with Crippen molar-refractivity contribution in [1.82, 2.24) is 4.98 Å². The SMILES string of the molecule is COc1cc(C(=O)OCCCc2cccnc2)c([N+](=O)[O-])c(OC)c1OC. The first-order valence-electron chi connectivity index (χ1n) is 8.06. The number of hydrogen-bond acceptors (Lipinski definition) is 8. The van der Waals surface area contributed by atoms with E-state index in [-0.39, 0.29) is 29.4 Å². The molecule has 0 amide bonds. The van der Waals surface area contributed by atoms with E-state index in [1.54, 1.807) is 12.4 Å². The minimum Gasteiger partial charge on any atom is -0.493 e. The number of benzene rings is 1. The lowest BCUT2D eigenvalue weighted by molar-refractivity contribution is -0.386. The maximum atomic E-state index is 12.4. The van der Waals surface area contributed by atoms with Crippen LogP contribution >= 0.6 is 0 Å². The van der Waals surface area contributed by atoms with Crippen LogP contribution in [0.5, 0.6) is 17.2 Å². The number of nitrogens with zero attached hydrogens (tertiary/aromatic N) is 2. The predicted molar refractivity (Wildman–Crippen MR) is 95.6 cm³/mol. The molecule has 0 unspecified atom stereocenters. The molecule has 0 saturated heterocycles. The summed E-state index contributed by atoms with van der Waals surface area (Å²) in [5, 5.41) is 11.5. The molecular weight excluding hydrogens is 356 g/mol. The van der Waals surface area contributed by atoms with Gasteiger partial charge in [0.15, 0.2) is 5.75 Å². The van der Waals surface area contributed by atoms with Gasteiger partial charge in [-0.3, -0.25) is 15.1 Å². The molecule has 9 heteroatoms. The first kappa shape index (κ1) is 20.0. The summed E-state index contributed by atoms with van der Waals surface area (Å²) < 4.78 is 20.5. The van der Waals surface area contributed by atoms with E-state index in [1.165, 1.54) is 27.4 Å². The summed E-state index contributed by atoms with van der Waals surface area (Å²) >= 11 is 0. The third-order valence-electron chi connectivity index (χ3n) is 3.77. The normalized spacial score (nSPS) is 10.2. The van der Waals surface area contributed by atoms with Gasteiger partial charge in [0, 0.05) is 18.5 Å². The molecule has 1 aromatic carbocycles. The van der Waals surface area contributed by atoms with Crippen molar-refractivity contribution in [3.63, 3.8) is 0 Å². The van der Waals surface area contributed by atoms with Gasteiger partial charge in [0.2, 0.25) is 11.5 Å². The summed E-state index contributed by atoms with van der Waals surface area (Å²) in [6.07, 6.45) is 4.62. The number of esters is 1. The summed E-state index contributed by atoms with van der Waals surface area (Å²) in [5.74, 6) is -0.890. The molecule has 2 aromatic rings. The van der Waals surface area contributed by atoms with Gasteiger partial charge in [0.25, 0.3) is 0 Å². The highest BCUT2D eigenvalue weighted by atomic mass is 16.6. The molecule has 0 aliphatic carbocycles. The average molecular weight is 376 g/mol. The number of nitro groups is 1. The lowest BCUT2D eigenvalue weighted by Gasteiger charge is -2.14. The maximum Gasteiger partial charge on any atom is 0.345 e. The second-order valence-electron chi connectivity index (χ2n) is 5.40. The molecule has 0 N–H and O–H groups in total. The molecule has 1 aromatic heterocycles. The molecule has 1 heterocycles. The smallest absolute Gasteiger partial charge is 0.345 e. The Morgan fingerprint density at radius 3 is 2.48 bits per heavy atom. The Hall–Kier alpha value is -3.36. The van der Waals surface area contributed by atoms with E-state index >= 15 is 0 Å². The van der Waals surface area contributed by atoms with Crippen LogP contribution < -0.4 is 14.2 Å². The van der Waals surface area contributed by atoms with Gasteiger partial charge in [0.1, 0.15) is 5.56 Å². The van der Waals surface area contributed by atoms with Crippen molar-refractivity contribution >= 4 is 11.7 Å². The minimum absolute atomic E-state index is 0.0276. The quantitative estimate of drug-likeness (QED) is 0.284. The molecule has 27 heavy (non-hydrogen) atoms. The van der Waals surface area contributed by atoms with Crippen LogP contribution in [0.4, 0.5) is 5.69 Å². The van der Waals surface area contributed by atoms with Crippen LogP contribution in [0.1, 0.15) is 22.3 Å². The molecule has 0 aliphatic rings. The fourth-order valence-electron chi connectivity index (χ4n) is 2.54. The Morgan fingerprint density at radius 2 is 1.93 bits per heavy atom. The van der Waals surface area contributed by atoms with Crippen LogP contribution in [0.2, 0.25) is 0 Å². The van der Waals surface area contributed by atoms with E-state index in [1.807, 2.05) is 12.1 Å². The summed E-state index contributed by atoms with van der Waals surface area (Å²) in [4.78, 5) is 27.2. The van der Waals surface area contributed by atoms with Crippen molar-refractivity contribution in [2.24, 2.45) is 0 Å². The third kappa shape index (κ3) is 4.63. The molecule has 0 aliphatic heterocycles. The van der Waals surface area contributed by atoms with E-state index < -0.39 is 16.6 Å². The zero-order valence-corrected chi connectivity index (χ0v) is 15.3. The van der Waals surface area contributed by atoms with Gasteiger partial charge < -0.3 is 18.9 Å². The molecule has 144 valence electrons.